The molecular weight excluding hydrogens is 128 g/mol. The molecule has 1 saturated heterocycles. The van der Waals surface area contributed by atoms with Crippen molar-refractivity contribution in [3.63, 3.8) is 0 Å². The Bertz CT molecular complexity index is 136. The van der Waals surface area contributed by atoms with Crippen LogP contribution in [0.5, 0.6) is 0 Å². The van der Waals surface area contributed by atoms with Gasteiger partial charge in [0.1, 0.15) is 0 Å². The predicted molar refractivity (Wildman–Crippen MR) is 39.3 cm³/mol. The van der Waals surface area contributed by atoms with Crippen molar-refractivity contribution in [1.29, 1.82) is 0 Å². The van der Waals surface area contributed by atoms with Crippen molar-refractivity contribution >= 4 is 5.91 Å². The molecule has 0 aromatic rings. The topological polar surface area (TPSA) is 55.1 Å². The first-order valence-corrected chi connectivity index (χ1v) is 3.73. The molecule has 2 atom stereocenters. The minimum absolute atomic E-state index is 0.0498. The first kappa shape index (κ1) is 7.54. The van der Waals surface area contributed by atoms with E-state index in [1.165, 1.54) is 0 Å². The summed E-state index contributed by atoms with van der Waals surface area (Å²) >= 11 is 0. The van der Waals surface area contributed by atoms with Crippen molar-refractivity contribution in [2.24, 2.45) is 17.6 Å². The lowest BCUT2D eigenvalue weighted by molar-refractivity contribution is -0.128. The van der Waals surface area contributed by atoms with Crippen LogP contribution in [-0.4, -0.2) is 19.0 Å². The average Bonchev–Trinajstić information content (AvgIpc) is 1.88. The largest absolute Gasteiger partial charge is 0.356 e. The first-order chi connectivity index (χ1) is 4.75. The molecule has 0 unspecified atom stereocenters. The Hall–Kier alpha value is -0.570. The Morgan fingerprint density at radius 2 is 2.50 bits per heavy atom. The Morgan fingerprint density at radius 3 is 2.90 bits per heavy atom. The second kappa shape index (κ2) is 3.01. The lowest BCUT2D eigenvalue weighted by Crippen LogP contribution is -2.44. The minimum Gasteiger partial charge on any atom is -0.356 e. The summed E-state index contributed by atoms with van der Waals surface area (Å²) in [6, 6.07) is 0. The van der Waals surface area contributed by atoms with Crippen molar-refractivity contribution in [3.8, 4) is 0 Å². The van der Waals surface area contributed by atoms with Crippen molar-refractivity contribution in [2.45, 2.75) is 13.3 Å². The van der Waals surface area contributed by atoms with E-state index >= 15 is 0 Å². The Morgan fingerprint density at radius 1 is 1.80 bits per heavy atom. The summed E-state index contributed by atoms with van der Waals surface area (Å²) in [4.78, 5) is 11.0. The molecule has 0 spiro atoms. The van der Waals surface area contributed by atoms with Crippen molar-refractivity contribution < 1.29 is 4.79 Å². The van der Waals surface area contributed by atoms with Crippen LogP contribution >= 0.6 is 0 Å². The van der Waals surface area contributed by atoms with Crippen molar-refractivity contribution in [2.75, 3.05) is 13.1 Å². The lowest BCUT2D eigenvalue weighted by atomic mass is 9.88. The van der Waals surface area contributed by atoms with Crippen molar-refractivity contribution in [3.05, 3.63) is 0 Å². The highest BCUT2D eigenvalue weighted by Gasteiger charge is 2.26. The van der Waals surface area contributed by atoms with Gasteiger partial charge in [-0.25, -0.2) is 0 Å². The Labute approximate surface area is 61.0 Å². The van der Waals surface area contributed by atoms with Crippen LogP contribution in [-0.2, 0) is 4.79 Å². The highest BCUT2D eigenvalue weighted by atomic mass is 16.1. The summed E-state index contributed by atoms with van der Waals surface area (Å²) in [7, 11) is 0. The van der Waals surface area contributed by atoms with E-state index in [9.17, 15) is 4.79 Å². The monoisotopic (exact) mass is 142 g/mol. The Balaban J connectivity index is 2.53. The van der Waals surface area contributed by atoms with Crippen molar-refractivity contribution in [1.82, 2.24) is 5.32 Å². The minimum atomic E-state index is 0.0498. The molecule has 1 heterocycles. The molecule has 3 N–H and O–H groups in total. The summed E-state index contributed by atoms with van der Waals surface area (Å²) in [6.45, 7) is 3.37. The third-order valence-corrected chi connectivity index (χ3v) is 2.18. The molecule has 0 radical (unpaired) electrons. The van der Waals surface area contributed by atoms with Gasteiger partial charge in [-0.1, -0.05) is 6.92 Å². The fourth-order valence-corrected chi connectivity index (χ4v) is 1.35. The molecule has 0 bridgehead atoms. The number of hydrogen-bond donors (Lipinski definition) is 2. The van der Waals surface area contributed by atoms with Gasteiger partial charge in [-0.05, 0) is 12.3 Å². The van der Waals surface area contributed by atoms with Gasteiger partial charge in [0.15, 0.2) is 0 Å². The fourth-order valence-electron chi connectivity index (χ4n) is 1.35. The molecule has 1 amide bonds. The summed E-state index contributed by atoms with van der Waals surface area (Å²) < 4.78 is 0. The molecule has 0 aliphatic carbocycles. The van der Waals surface area contributed by atoms with E-state index in [2.05, 4.69) is 12.2 Å². The zero-order chi connectivity index (χ0) is 7.56. The number of amides is 1. The SMILES string of the molecule is C[C@H]1CCNC(=O)[C@H]1CN. The molecule has 0 aromatic heterocycles. The van der Waals surface area contributed by atoms with E-state index in [4.69, 9.17) is 5.73 Å². The van der Waals surface area contributed by atoms with E-state index in [0.29, 0.717) is 12.5 Å². The van der Waals surface area contributed by atoms with E-state index in [0.717, 1.165) is 13.0 Å². The highest BCUT2D eigenvalue weighted by molar-refractivity contribution is 5.79. The van der Waals surface area contributed by atoms with Gasteiger partial charge < -0.3 is 11.1 Å². The van der Waals surface area contributed by atoms with E-state index in [-0.39, 0.29) is 11.8 Å². The lowest BCUT2D eigenvalue weighted by Gasteiger charge is -2.26. The van der Waals surface area contributed by atoms with Gasteiger partial charge in [0.25, 0.3) is 0 Å². The van der Waals surface area contributed by atoms with Gasteiger partial charge in [-0.15, -0.1) is 0 Å². The smallest absolute Gasteiger partial charge is 0.224 e. The molecule has 58 valence electrons. The molecule has 1 rings (SSSR count). The van der Waals surface area contributed by atoms with E-state index < -0.39 is 0 Å². The number of carbonyl (C=O) groups excluding carboxylic acids is 1. The average molecular weight is 142 g/mol. The van der Waals surface area contributed by atoms with Crippen LogP contribution in [0.3, 0.4) is 0 Å². The molecular formula is C7H14N2O. The quantitative estimate of drug-likeness (QED) is 0.529. The summed E-state index contributed by atoms with van der Waals surface area (Å²) in [5, 5.41) is 2.79. The van der Waals surface area contributed by atoms with Gasteiger partial charge in [0, 0.05) is 13.1 Å². The number of nitrogens with one attached hydrogen (secondary N) is 1. The number of hydrogen-bond acceptors (Lipinski definition) is 2. The van der Waals surface area contributed by atoms with Crippen LogP contribution in [0.1, 0.15) is 13.3 Å². The van der Waals surface area contributed by atoms with Gasteiger partial charge in [-0.2, -0.15) is 0 Å². The zero-order valence-electron chi connectivity index (χ0n) is 6.26. The Kier molecular flexibility index (Phi) is 2.27. The van der Waals surface area contributed by atoms with Crippen LogP contribution in [0.25, 0.3) is 0 Å². The summed E-state index contributed by atoms with van der Waals surface area (Å²) in [5.74, 6) is 0.633. The number of nitrogens with two attached hydrogens (primary N) is 1. The molecule has 3 nitrogen and oxygen atoms in total. The fraction of sp³-hybridized carbons (Fsp3) is 0.857. The van der Waals surface area contributed by atoms with Crippen LogP contribution in [0.4, 0.5) is 0 Å². The molecule has 0 aromatic carbocycles. The van der Waals surface area contributed by atoms with E-state index in [1.807, 2.05) is 0 Å². The second-order valence-electron chi connectivity index (χ2n) is 2.90. The maximum Gasteiger partial charge on any atom is 0.224 e. The van der Waals surface area contributed by atoms with E-state index in [1.54, 1.807) is 0 Å². The second-order valence-corrected chi connectivity index (χ2v) is 2.90. The van der Waals surface area contributed by atoms with Gasteiger partial charge >= 0.3 is 0 Å². The molecule has 3 heteroatoms. The van der Waals surface area contributed by atoms with Crippen LogP contribution in [0.2, 0.25) is 0 Å². The molecule has 1 aliphatic heterocycles. The zero-order valence-corrected chi connectivity index (χ0v) is 6.26. The summed E-state index contributed by atoms with van der Waals surface area (Å²) in [5.41, 5.74) is 5.42. The predicted octanol–water partition coefficient (Wildman–Crippen LogP) is -0.283. The number of rotatable bonds is 1. The first-order valence-electron chi connectivity index (χ1n) is 3.73. The summed E-state index contributed by atoms with van der Waals surface area (Å²) in [6.07, 6.45) is 1.06. The van der Waals surface area contributed by atoms with Gasteiger partial charge in [0.05, 0.1) is 5.92 Å². The maximum absolute atomic E-state index is 11.0. The third kappa shape index (κ3) is 1.29. The highest BCUT2D eigenvalue weighted by Crippen LogP contribution is 2.17. The third-order valence-electron chi connectivity index (χ3n) is 2.18. The van der Waals surface area contributed by atoms with Crippen LogP contribution < -0.4 is 11.1 Å². The van der Waals surface area contributed by atoms with Crippen LogP contribution in [0.15, 0.2) is 0 Å². The van der Waals surface area contributed by atoms with Gasteiger partial charge in [0.2, 0.25) is 5.91 Å². The number of carbonyl (C=O) groups is 1. The standard InChI is InChI=1S/C7H14N2O/c1-5-2-3-9-7(10)6(5)4-8/h5-6H,2-4,8H2,1H3,(H,9,10)/t5-,6-/m0/s1. The molecule has 1 aliphatic rings. The normalized spacial score (nSPS) is 33.6. The van der Waals surface area contributed by atoms with Gasteiger partial charge in [-0.3, -0.25) is 4.79 Å². The molecule has 1 fully saturated rings. The number of piperidine rings is 1. The molecule has 0 saturated carbocycles. The van der Waals surface area contributed by atoms with Crippen LogP contribution in [0, 0.1) is 11.8 Å². The maximum atomic E-state index is 11.0. The molecule has 10 heavy (non-hydrogen) atoms.